The van der Waals surface area contributed by atoms with Crippen molar-refractivity contribution >= 4 is 11.9 Å². The van der Waals surface area contributed by atoms with E-state index in [2.05, 4.69) is 0 Å². The summed E-state index contributed by atoms with van der Waals surface area (Å²) in [5.41, 5.74) is 0. The van der Waals surface area contributed by atoms with Crippen LogP contribution >= 0.6 is 0 Å². The molecule has 1 saturated carbocycles. The first-order chi connectivity index (χ1) is 6.16. The molecule has 2 aliphatic rings. The predicted molar refractivity (Wildman–Crippen MR) is 43.0 cm³/mol. The number of carbonyl (C=O) groups excluding carboxylic acids is 1. The average Bonchev–Trinajstić information content (AvgIpc) is 2.51. The summed E-state index contributed by atoms with van der Waals surface area (Å²) in [6.45, 7) is 0. The summed E-state index contributed by atoms with van der Waals surface area (Å²) in [6, 6.07) is 0. The van der Waals surface area contributed by atoms with Crippen LogP contribution in [0, 0.1) is 11.8 Å². The maximum absolute atomic E-state index is 10.9. The van der Waals surface area contributed by atoms with E-state index in [4.69, 9.17) is 9.84 Å². The van der Waals surface area contributed by atoms with Gasteiger partial charge in [-0.25, -0.2) is 0 Å². The Hall–Kier alpha value is -1.06. The van der Waals surface area contributed by atoms with Gasteiger partial charge in [0.25, 0.3) is 0 Å². The Morgan fingerprint density at radius 1 is 1.54 bits per heavy atom. The van der Waals surface area contributed by atoms with Gasteiger partial charge in [-0.3, -0.25) is 9.59 Å². The molecule has 0 aromatic heterocycles. The zero-order chi connectivity index (χ0) is 9.42. The van der Waals surface area contributed by atoms with Crippen LogP contribution in [0.25, 0.3) is 0 Å². The molecule has 0 amide bonds. The van der Waals surface area contributed by atoms with E-state index in [-0.39, 0.29) is 30.3 Å². The number of carbonyl (C=O) groups is 2. The number of aliphatic carboxylic acids is 1. The molecule has 2 fully saturated rings. The molecule has 1 N–H and O–H groups in total. The highest BCUT2D eigenvalue weighted by Crippen LogP contribution is 2.42. The molecular weight excluding hydrogens is 172 g/mol. The Labute approximate surface area is 75.9 Å². The first-order valence-electron chi connectivity index (χ1n) is 4.58. The minimum Gasteiger partial charge on any atom is -0.481 e. The van der Waals surface area contributed by atoms with Gasteiger partial charge in [-0.1, -0.05) is 0 Å². The quantitative estimate of drug-likeness (QED) is 0.645. The van der Waals surface area contributed by atoms with Crippen molar-refractivity contribution in [3.05, 3.63) is 0 Å². The van der Waals surface area contributed by atoms with Crippen molar-refractivity contribution in [2.45, 2.75) is 31.8 Å². The molecule has 13 heavy (non-hydrogen) atoms. The van der Waals surface area contributed by atoms with Gasteiger partial charge in [-0.2, -0.15) is 0 Å². The van der Waals surface area contributed by atoms with Crippen molar-refractivity contribution in [2.24, 2.45) is 11.8 Å². The van der Waals surface area contributed by atoms with E-state index < -0.39 is 5.97 Å². The molecule has 4 nitrogen and oxygen atoms in total. The summed E-state index contributed by atoms with van der Waals surface area (Å²) >= 11 is 0. The Bertz CT molecular complexity index is 248. The Balaban J connectivity index is 2.00. The lowest BCUT2D eigenvalue weighted by molar-refractivity contribution is -0.141. The lowest BCUT2D eigenvalue weighted by Crippen LogP contribution is -2.16. The minimum atomic E-state index is -0.773. The van der Waals surface area contributed by atoms with Gasteiger partial charge >= 0.3 is 11.9 Å². The van der Waals surface area contributed by atoms with Crippen LogP contribution in [-0.4, -0.2) is 23.1 Å². The van der Waals surface area contributed by atoms with Gasteiger partial charge in [0.2, 0.25) is 0 Å². The SMILES string of the molecule is O=C(O)C[C@@H]1CC[C@H]2OC(=O)C[C@@H]12. The molecule has 72 valence electrons. The molecule has 2 rings (SSSR count). The zero-order valence-corrected chi connectivity index (χ0v) is 7.23. The predicted octanol–water partition coefficient (Wildman–Crippen LogP) is 0.803. The largest absolute Gasteiger partial charge is 0.481 e. The van der Waals surface area contributed by atoms with Gasteiger partial charge < -0.3 is 9.84 Å². The number of hydrogen-bond donors (Lipinski definition) is 1. The second-order valence-corrected chi connectivity index (χ2v) is 3.83. The van der Waals surface area contributed by atoms with E-state index in [0.717, 1.165) is 12.8 Å². The van der Waals surface area contributed by atoms with Gasteiger partial charge in [0.05, 0.1) is 6.42 Å². The second kappa shape index (κ2) is 3.01. The third kappa shape index (κ3) is 1.53. The fraction of sp³-hybridized carbons (Fsp3) is 0.778. The van der Waals surface area contributed by atoms with E-state index in [9.17, 15) is 9.59 Å². The molecule has 1 aliphatic carbocycles. The molecule has 1 aliphatic heterocycles. The first kappa shape index (κ1) is 8.53. The summed E-state index contributed by atoms with van der Waals surface area (Å²) in [5, 5.41) is 8.63. The van der Waals surface area contributed by atoms with Crippen LogP contribution in [0.4, 0.5) is 0 Å². The smallest absolute Gasteiger partial charge is 0.306 e. The van der Waals surface area contributed by atoms with Gasteiger partial charge in [-0.05, 0) is 18.8 Å². The molecule has 0 radical (unpaired) electrons. The van der Waals surface area contributed by atoms with Crippen molar-refractivity contribution in [3.63, 3.8) is 0 Å². The summed E-state index contributed by atoms with van der Waals surface area (Å²) in [5.74, 6) is -0.618. The molecule has 1 heterocycles. The zero-order valence-electron chi connectivity index (χ0n) is 7.23. The molecule has 0 unspecified atom stereocenters. The third-order valence-corrected chi connectivity index (χ3v) is 3.03. The van der Waals surface area contributed by atoms with Gasteiger partial charge in [0.1, 0.15) is 6.10 Å². The van der Waals surface area contributed by atoms with Crippen molar-refractivity contribution in [2.75, 3.05) is 0 Å². The molecule has 0 aromatic carbocycles. The lowest BCUT2D eigenvalue weighted by Gasteiger charge is -2.12. The highest BCUT2D eigenvalue weighted by atomic mass is 16.6. The molecule has 0 spiro atoms. The van der Waals surface area contributed by atoms with Crippen molar-refractivity contribution in [3.8, 4) is 0 Å². The first-order valence-corrected chi connectivity index (χ1v) is 4.58. The average molecular weight is 184 g/mol. The summed E-state index contributed by atoms with van der Waals surface area (Å²) < 4.78 is 5.07. The fourth-order valence-electron chi connectivity index (χ4n) is 2.44. The molecule has 0 bridgehead atoms. The van der Waals surface area contributed by atoms with Crippen molar-refractivity contribution in [1.82, 2.24) is 0 Å². The standard InChI is InChI=1S/C9H12O4/c10-8(11)3-5-1-2-7-6(5)4-9(12)13-7/h5-7H,1-4H2,(H,10,11)/t5-,6-,7+/m0/s1. The Morgan fingerprint density at radius 2 is 2.31 bits per heavy atom. The maximum atomic E-state index is 10.9. The fourth-order valence-corrected chi connectivity index (χ4v) is 2.44. The normalized spacial score (nSPS) is 37.2. The van der Waals surface area contributed by atoms with E-state index >= 15 is 0 Å². The third-order valence-electron chi connectivity index (χ3n) is 3.03. The summed E-state index contributed by atoms with van der Waals surface area (Å²) in [4.78, 5) is 21.4. The number of fused-ring (bicyclic) bond motifs is 1. The lowest BCUT2D eigenvalue weighted by atomic mass is 9.91. The van der Waals surface area contributed by atoms with Crippen LogP contribution in [0.5, 0.6) is 0 Å². The van der Waals surface area contributed by atoms with Crippen LogP contribution in [0.1, 0.15) is 25.7 Å². The molecule has 1 saturated heterocycles. The molecule has 0 aromatic rings. The van der Waals surface area contributed by atoms with Crippen molar-refractivity contribution in [1.29, 1.82) is 0 Å². The number of carboxylic acids is 1. The highest BCUT2D eigenvalue weighted by molar-refractivity contribution is 5.73. The van der Waals surface area contributed by atoms with Gasteiger partial charge in [0.15, 0.2) is 0 Å². The summed E-state index contributed by atoms with van der Waals surface area (Å²) in [6.07, 6.45) is 2.33. The van der Waals surface area contributed by atoms with Crippen molar-refractivity contribution < 1.29 is 19.4 Å². The van der Waals surface area contributed by atoms with E-state index in [0.29, 0.717) is 6.42 Å². The van der Waals surface area contributed by atoms with E-state index in [1.54, 1.807) is 0 Å². The van der Waals surface area contributed by atoms with Crippen LogP contribution in [0.15, 0.2) is 0 Å². The summed E-state index contributed by atoms with van der Waals surface area (Å²) in [7, 11) is 0. The highest BCUT2D eigenvalue weighted by Gasteiger charge is 2.45. The van der Waals surface area contributed by atoms with Crippen LogP contribution in [0.2, 0.25) is 0 Å². The number of ether oxygens (including phenoxy) is 1. The van der Waals surface area contributed by atoms with Gasteiger partial charge in [-0.15, -0.1) is 0 Å². The van der Waals surface area contributed by atoms with Gasteiger partial charge in [0, 0.05) is 12.3 Å². The number of rotatable bonds is 2. The topological polar surface area (TPSA) is 63.6 Å². The van der Waals surface area contributed by atoms with E-state index in [1.807, 2.05) is 0 Å². The maximum Gasteiger partial charge on any atom is 0.306 e. The molecule has 3 atom stereocenters. The monoisotopic (exact) mass is 184 g/mol. The molecular formula is C9H12O4. The molecule has 4 heteroatoms. The van der Waals surface area contributed by atoms with E-state index in [1.165, 1.54) is 0 Å². The van der Waals surface area contributed by atoms with Crippen LogP contribution in [0.3, 0.4) is 0 Å². The number of hydrogen-bond acceptors (Lipinski definition) is 3. The second-order valence-electron chi connectivity index (χ2n) is 3.83. The Morgan fingerprint density at radius 3 is 3.00 bits per heavy atom. The minimum absolute atomic E-state index is 0.0110. The number of esters is 1. The van der Waals surface area contributed by atoms with Crippen LogP contribution < -0.4 is 0 Å². The Kier molecular flexibility index (Phi) is 1.98. The van der Waals surface area contributed by atoms with Crippen LogP contribution in [-0.2, 0) is 14.3 Å². The number of carboxylic acid groups (broad SMARTS) is 1.